The first kappa shape index (κ1) is 28.2. The van der Waals surface area contributed by atoms with Gasteiger partial charge in [-0.1, -0.05) is 0 Å². The molecule has 1 atom stereocenters. The lowest BCUT2D eigenvalue weighted by Crippen LogP contribution is -2.24. The van der Waals surface area contributed by atoms with Crippen LogP contribution in [0.5, 0.6) is 0 Å². The van der Waals surface area contributed by atoms with Gasteiger partial charge in [0.1, 0.15) is 6.61 Å². The Morgan fingerprint density at radius 1 is 0.645 bits per heavy atom. The van der Waals surface area contributed by atoms with Crippen molar-refractivity contribution in [2.24, 2.45) is 0 Å². The smallest absolute Gasteiger partial charge is 0.302 e. The van der Waals surface area contributed by atoms with Crippen molar-refractivity contribution in [2.75, 3.05) is 99.1 Å². The molecule has 0 aromatic heterocycles. The molecule has 0 N–H and O–H groups in total. The molecular formula is C21H40O10. The Hall–Kier alpha value is -0.850. The fraction of sp³-hybridized carbons (Fsp3) is 0.952. The van der Waals surface area contributed by atoms with Crippen LogP contribution in [0.2, 0.25) is 0 Å². The van der Waals surface area contributed by atoms with Gasteiger partial charge in [-0.05, 0) is 19.3 Å². The van der Waals surface area contributed by atoms with Crippen molar-refractivity contribution in [1.29, 1.82) is 0 Å². The van der Waals surface area contributed by atoms with E-state index in [2.05, 4.69) is 0 Å². The lowest BCUT2D eigenvalue weighted by molar-refractivity contribution is -0.169. The molecule has 10 heteroatoms. The summed E-state index contributed by atoms with van der Waals surface area (Å²) in [5.41, 5.74) is 0. The number of rotatable bonds is 22. The average molecular weight is 453 g/mol. The van der Waals surface area contributed by atoms with Crippen LogP contribution >= 0.6 is 0 Å². The monoisotopic (exact) mass is 452 g/mol. The van der Waals surface area contributed by atoms with Gasteiger partial charge in [-0.2, -0.15) is 0 Å². The summed E-state index contributed by atoms with van der Waals surface area (Å²) >= 11 is 0. The van der Waals surface area contributed by atoms with E-state index < -0.39 is 0 Å². The van der Waals surface area contributed by atoms with Crippen molar-refractivity contribution < 1.29 is 47.4 Å². The molecule has 31 heavy (non-hydrogen) atoms. The van der Waals surface area contributed by atoms with Crippen molar-refractivity contribution in [3.63, 3.8) is 0 Å². The van der Waals surface area contributed by atoms with Crippen LogP contribution in [-0.2, 0) is 47.4 Å². The summed E-state index contributed by atoms with van der Waals surface area (Å²) < 4.78 is 48.1. The van der Waals surface area contributed by atoms with Crippen molar-refractivity contribution >= 4 is 5.97 Å². The lowest BCUT2D eigenvalue weighted by atomic mass is 10.2. The zero-order valence-corrected chi connectivity index (χ0v) is 18.9. The Kier molecular flexibility index (Phi) is 20.3. The maximum Gasteiger partial charge on any atom is 0.302 e. The molecule has 0 amide bonds. The van der Waals surface area contributed by atoms with Crippen LogP contribution in [0.15, 0.2) is 0 Å². The Morgan fingerprint density at radius 3 is 1.45 bits per heavy atom. The first-order valence-electron chi connectivity index (χ1n) is 11.1. The molecule has 0 aromatic carbocycles. The summed E-state index contributed by atoms with van der Waals surface area (Å²) in [6.45, 7) is 8.96. The van der Waals surface area contributed by atoms with Crippen LogP contribution in [0.3, 0.4) is 0 Å². The second-order valence-electron chi connectivity index (χ2n) is 6.68. The van der Waals surface area contributed by atoms with Crippen LogP contribution in [-0.4, -0.2) is 111 Å². The van der Waals surface area contributed by atoms with Gasteiger partial charge in [-0.3, -0.25) is 4.79 Å². The first-order valence-corrected chi connectivity index (χ1v) is 11.1. The van der Waals surface area contributed by atoms with Crippen LogP contribution < -0.4 is 0 Å². The van der Waals surface area contributed by atoms with Gasteiger partial charge in [0.05, 0.1) is 85.9 Å². The molecule has 1 aliphatic heterocycles. The van der Waals surface area contributed by atoms with E-state index in [0.29, 0.717) is 85.9 Å². The van der Waals surface area contributed by atoms with Crippen LogP contribution in [0.25, 0.3) is 0 Å². The van der Waals surface area contributed by atoms with E-state index >= 15 is 0 Å². The van der Waals surface area contributed by atoms with Crippen molar-refractivity contribution in [3.8, 4) is 0 Å². The minimum absolute atomic E-state index is 0.0622. The predicted molar refractivity (Wildman–Crippen MR) is 111 cm³/mol. The number of esters is 1. The van der Waals surface area contributed by atoms with Gasteiger partial charge < -0.3 is 42.6 Å². The third kappa shape index (κ3) is 20.8. The molecule has 1 heterocycles. The van der Waals surface area contributed by atoms with Gasteiger partial charge >= 0.3 is 5.97 Å². The molecule has 1 rings (SSSR count). The number of carbonyl (C=O) groups is 1. The van der Waals surface area contributed by atoms with Gasteiger partial charge in [0, 0.05) is 13.5 Å². The average Bonchev–Trinajstić information content (AvgIpc) is 2.77. The Balaban J connectivity index is 1.63. The standard InChI is InChI=1S/C21H40O10/c1-20(22)29-18-16-27-14-12-25-10-8-23-6-7-24-9-11-26-13-15-28-17-19-31-21-4-2-3-5-30-21/h21H,2-19H2,1H3. The van der Waals surface area contributed by atoms with E-state index in [0.717, 1.165) is 19.4 Å². The first-order chi connectivity index (χ1) is 15.3. The number of carbonyl (C=O) groups excluding carboxylic acids is 1. The van der Waals surface area contributed by atoms with Gasteiger partial charge in [-0.25, -0.2) is 0 Å². The topological polar surface area (TPSA) is 100 Å². The summed E-state index contributed by atoms with van der Waals surface area (Å²) in [4.78, 5) is 10.5. The number of ether oxygens (including phenoxy) is 9. The molecular weight excluding hydrogens is 412 g/mol. The minimum Gasteiger partial charge on any atom is -0.463 e. The fourth-order valence-corrected chi connectivity index (χ4v) is 2.53. The summed E-state index contributed by atoms with van der Waals surface area (Å²) in [5.74, 6) is -0.305. The third-order valence-corrected chi connectivity index (χ3v) is 4.06. The molecule has 10 nitrogen and oxygen atoms in total. The zero-order valence-electron chi connectivity index (χ0n) is 18.9. The van der Waals surface area contributed by atoms with Crippen LogP contribution in [0.4, 0.5) is 0 Å². The minimum atomic E-state index is -0.305. The SMILES string of the molecule is CC(=O)OCCOCCOCCOCCOCCOCCOCCOC1CCCCO1. The second kappa shape index (κ2) is 22.3. The highest BCUT2D eigenvalue weighted by molar-refractivity contribution is 5.65. The highest BCUT2D eigenvalue weighted by Gasteiger charge is 2.13. The Labute approximate surface area is 185 Å². The molecule has 184 valence electrons. The van der Waals surface area contributed by atoms with E-state index in [1.54, 1.807) is 0 Å². The molecule has 1 saturated heterocycles. The molecule has 0 spiro atoms. The van der Waals surface area contributed by atoms with E-state index in [4.69, 9.17) is 42.6 Å². The predicted octanol–water partition coefficient (Wildman–Crippen LogP) is 1.19. The Morgan fingerprint density at radius 2 is 1.06 bits per heavy atom. The van der Waals surface area contributed by atoms with Crippen LogP contribution in [0.1, 0.15) is 26.2 Å². The maximum absolute atomic E-state index is 10.5. The third-order valence-electron chi connectivity index (χ3n) is 4.06. The maximum atomic E-state index is 10.5. The molecule has 1 unspecified atom stereocenters. The summed E-state index contributed by atoms with van der Waals surface area (Å²) in [5, 5.41) is 0. The Bertz CT molecular complexity index is 390. The van der Waals surface area contributed by atoms with Crippen molar-refractivity contribution in [2.45, 2.75) is 32.5 Å². The van der Waals surface area contributed by atoms with E-state index in [9.17, 15) is 4.79 Å². The summed E-state index contributed by atoms with van der Waals surface area (Å²) in [6, 6.07) is 0. The molecule has 1 aliphatic rings. The highest BCUT2D eigenvalue weighted by Crippen LogP contribution is 2.13. The number of hydrogen-bond donors (Lipinski definition) is 0. The molecule has 0 bridgehead atoms. The van der Waals surface area contributed by atoms with Gasteiger partial charge in [-0.15, -0.1) is 0 Å². The molecule has 0 aliphatic carbocycles. The second-order valence-corrected chi connectivity index (χ2v) is 6.68. The van der Waals surface area contributed by atoms with E-state index in [-0.39, 0.29) is 18.9 Å². The van der Waals surface area contributed by atoms with E-state index in [1.165, 1.54) is 13.3 Å². The summed E-state index contributed by atoms with van der Waals surface area (Å²) in [6.07, 6.45) is 3.20. The normalized spacial score (nSPS) is 16.5. The highest BCUT2D eigenvalue weighted by atomic mass is 16.7. The molecule has 1 fully saturated rings. The van der Waals surface area contributed by atoms with Crippen LogP contribution in [0, 0.1) is 0 Å². The van der Waals surface area contributed by atoms with E-state index in [1.807, 2.05) is 0 Å². The quantitative estimate of drug-likeness (QED) is 0.176. The fourth-order valence-electron chi connectivity index (χ4n) is 2.53. The molecule has 0 saturated carbocycles. The lowest BCUT2D eigenvalue weighted by Gasteiger charge is -2.22. The molecule has 0 aromatic rings. The largest absolute Gasteiger partial charge is 0.463 e. The zero-order chi connectivity index (χ0) is 22.2. The van der Waals surface area contributed by atoms with Gasteiger partial charge in [0.15, 0.2) is 6.29 Å². The van der Waals surface area contributed by atoms with Gasteiger partial charge in [0.2, 0.25) is 0 Å². The van der Waals surface area contributed by atoms with Crippen molar-refractivity contribution in [1.82, 2.24) is 0 Å². The molecule has 0 radical (unpaired) electrons. The van der Waals surface area contributed by atoms with Crippen molar-refractivity contribution in [3.05, 3.63) is 0 Å². The number of hydrogen-bond acceptors (Lipinski definition) is 10. The van der Waals surface area contributed by atoms with Gasteiger partial charge in [0.25, 0.3) is 0 Å². The summed E-state index contributed by atoms with van der Waals surface area (Å²) in [7, 11) is 0.